The lowest BCUT2D eigenvalue weighted by Crippen LogP contribution is -2.43. The van der Waals surface area contributed by atoms with Crippen LogP contribution in [0, 0.1) is 6.92 Å². The number of aryl methyl sites for hydroxylation is 1. The summed E-state index contributed by atoms with van der Waals surface area (Å²) in [6, 6.07) is 16.6. The van der Waals surface area contributed by atoms with Gasteiger partial charge in [0.05, 0.1) is 12.2 Å². The molecule has 0 atom stereocenters. The van der Waals surface area contributed by atoms with Crippen LogP contribution in [0.25, 0.3) is 0 Å². The maximum absolute atomic E-state index is 4.65. The van der Waals surface area contributed by atoms with Crippen molar-refractivity contribution in [3.8, 4) is 0 Å². The van der Waals surface area contributed by atoms with E-state index in [1.165, 1.54) is 5.56 Å². The van der Waals surface area contributed by atoms with Gasteiger partial charge in [0, 0.05) is 24.2 Å². The highest BCUT2D eigenvalue weighted by Gasteiger charge is 2.20. The van der Waals surface area contributed by atoms with Gasteiger partial charge >= 0.3 is 0 Å². The van der Waals surface area contributed by atoms with E-state index in [0.717, 1.165) is 30.4 Å². The van der Waals surface area contributed by atoms with Gasteiger partial charge in [-0.05, 0) is 31.5 Å². The molecule has 0 fully saturated rings. The van der Waals surface area contributed by atoms with Crippen LogP contribution in [0.15, 0.2) is 53.5 Å². The van der Waals surface area contributed by atoms with E-state index >= 15 is 0 Å². The monoisotopic (exact) mass is 452 g/mol. The zero-order valence-electron chi connectivity index (χ0n) is 15.5. The largest absolute Gasteiger partial charge is 0.357 e. The van der Waals surface area contributed by atoms with Crippen LogP contribution in [-0.4, -0.2) is 24.0 Å². The molecular weight excluding hydrogens is 423 g/mol. The Morgan fingerprint density at radius 1 is 1.04 bits per heavy atom. The summed E-state index contributed by atoms with van der Waals surface area (Å²) in [4.78, 5) is 9.15. The second-order valence-electron chi connectivity index (χ2n) is 6.57. The van der Waals surface area contributed by atoms with Crippen molar-refractivity contribution in [2.45, 2.75) is 39.7 Å². The van der Waals surface area contributed by atoms with Crippen LogP contribution in [0.1, 0.15) is 37.7 Å². The van der Waals surface area contributed by atoms with Crippen molar-refractivity contribution < 1.29 is 0 Å². The standard InChI is InChI=1S/C20H28N4.HI/c1-5-21-19(22-14-18-13-9-10-16(2)24-18)23-15-20(3,4)17-11-7-6-8-12-17;/h6-13H,5,14-15H2,1-4H3,(H2,21,22,23);1H. The van der Waals surface area contributed by atoms with Crippen LogP contribution in [0.3, 0.4) is 0 Å². The van der Waals surface area contributed by atoms with Gasteiger partial charge in [0.2, 0.25) is 0 Å². The first-order chi connectivity index (χ1) is 11.5. The number of pyridine rings is 1. The highest BCUT2D eigenvalue weighted by Crippen LogP contribution is 2.21. The Bertz CT molecular complexity index is 668. The highest BCUT2D eigenvalue weighted by molar-refractivity contribution is 14.0. The van der Waals surface area contributed by atoms with Gasteiger partial charge in [-0.2, -0.15) is 0 Å². The molecule has 2 aromatic rings. The van der Waals surface area contributed by atoms with Crippen LogP contribution in [-0.2, 0) is 12.0 Å². The maximum Gasteiger partial charge on any atom is 0.191 e. The number of nitrogens with zero attached hydrogens (tertiary/aromatic N) is 2. The van der Waals surface area contributed by atoms with Gasteiger partial charge in [-0.1, -0.05) is 50.2 Å². The molecule has 2 rings (SSSR count). The number of halogens is 1. The van der Waals surface area contributed by atoms with E-state index in [9.17, 15) is 0 Å². The molecule has 1 aromatic carbocycles. The van der Waals surface area contributed by atoms with E-state index in [2.05, 4.69) is 65.6 Å². The lowest BCUT2D eigenvalue weighted by molar-refractivity contribution is 0.508. The number of nitrogens with one attached hydrogen (secondary N) is 2. The van der Waals surface area contributed by atoms with Crippen molar-refractivity contribution in [3.63, 3.8) is 0 Å². The number of hydrogen-bond acceptors (Lipinski definition) is 2. The van der Waals surface area contributed by atoms with Crippen LogP contribution in [0.2, 0.25) is 0 Å². The molecule has 0 spiro atoms. The van der Waals surface area contributed by atoms with Crippen molar-refractivity contribution in [1.82, 2.24) is 15.6 Å². The first-order valence-corrected chi connectivity index (χ1v) is 8.51. The average Bonchev–Trinajstić information content (AvgIpc) is 2.58. The van der Waals surface area contributed by atoms with Crippen molar-refractivity contribution in [2.24, 2.45) is 4.99 Å². The van der Waals surface area contributed by atoms with E-state index in [-0.39, 0.29) is 29.4 Å². The zero-order chi connectivity index (χ0) is 17.4. The predicted octanol–water partition coefficient (Wildman–Crippen LogP) is 4.04. The van der Waals surface area contributed by atoms with Gasteiger partial charge < -0.3 is 10.6 Å². The third-order valence-electron chi connectivity index (χ3n) is 3.94. The quantitative estimate of drug-likeness (QED) is 0.395. The Kier molecular flexibility index (Phi) is 8.89. The summed E-state index contributed by atoms with van der Waals surface area (Å²) >= 11 is 0. The topological polar surface area (TPSA) is 49.3 Å². The lowest BCUT2D eigenvalue weighted by atomic mass is 9.85. The van der Waals surface area contributed by atoms with E-state index in [1.807, 2.05) is 31.2 Å². The second kappa shape index (κ2) is 10.4. The third kappa shape index (κ3) is 7.02. The first kappa shape index (κ1) is 21.4. The molecule has 0 amide bonds. The molecule has 0 saturated heterocycles. The first-order valence-electron chi connectivity index (χ1n) is 8.51. The summed E-state index contributed by atoms with van der Waals surface area (Å²) in [5.41, 5.74) is 3.34. The second-order valence-corrected chi connectivity index (χ2v) is 6.57. The number of benzene rings is 1. The summed E-state index contributed by atoms with van der Waals surface area (Å²) in [6.45, 7) is 10.8. The minimum Gasteiger partial charge on any atom is -0.357 e. The Morgan fingerprint density at radius 3 is 2.40 bits per heavy atom. The van der Waals surface area contributed by atoms with E-state index in [4.69, 9.17) is 0 Å². The summed E-state index contributed by atoms with van der Waals surface area (Å²) in [7, 11) is 0. The molecule has 1 heterocycles. The van der Waals surface area contributed by atoms with E-state index < -0.39 is 0 Å². The van der Waals surface area contributed by atoms with Crippen molar-refractivity contribution in [3.05, 3.63) is 65.5 Å². The van der Waals surface area contributed by atoms with Crippen LogP contribution >= 0.6 is 24.0 Å². The molecule has 0 unspecified atom stereocenters. The average molecular weight is 452 g/mol. The maximum atomic E-state index is 4.65. The number of hydrogen-bond donors (Lipinski definition) is 2. The molecule has 0 aliphatic rings. The fraction of sp³-hybridized carbons (Fsp3) is 0.400. The van der Waals surface area contributed by atoms with Gasteiger partial charge in [0.15, 0.2) is 5.96 Å². The predicted molar refractivity (Wildman–Crippen MR) is 117 cm³/mol. The number of guanidine groups is 1. The Labute approximate surface area is 168 Å². The van der Waals surface area contributed by atoms with Gasteiger partial charge in [-0.15, -0.1) is 24.0 Å². The molecule has 5 heteroatoms. The van der Waals surface area contributed by atoms with Gasteiger partial charge in [0.25, 0.3) is 0 Å². The van der Waals surface area contributed by atoms with Crippen LogP contribution in [0.4, 0.5) is 0 Å². The molecule has 136 valence electrons. The van der Waals surface area contributed by atoms with Gasteiger partial charge in [0.1, 0.15) is 0 Å². The summed E-state index contributed by atoms with van der Waals surface area (Å²) in [6.07, 6.45) is 0. The number of aromatic nitrogens is 1. The Balaban J connectivity index is 0.00000312. The van der Waals surface area contributed by atoms with Gasteiger partial charge in [-0.25, -0.2) is 4.99 Å². The smallest absolute Gasteiger partial charge is 0.191 e. The van der Waals surface area contributed by atoms with Gasteiger partial charge in [-0.3, -0.25) is 4.98 Å². The molecular formula is C20H29IN4. The Hall–Kier alpha value is -1.63. The fourth-order valence-electron chi connectivity index (χ4n) is 2.49. The molecule has 1 aromatic heterocycles. The van der Waals surface area contributed by atoms with Crippen molar-refractivity contribution in [1.29, 1.82) is 0 Å². The van der Waals surface area contributed by atoms with E-state index in [0.29, 0.717) is 6.54 Å². The highest BCUT2D eigenvalue weighted by atomic mass is 127. The molecule has 0 radical (unpaired) electrons. The minimum absolute atomic E-state index is 0. The third-order valence-corrected chi connectivity index (χ3v) is 3.94. The zero-order valence-corrected chi connectivity index (χ0v) is 17.9. The molecule has 0 aliphatic heterocycles. The fourth-order valence-corrected chi connectivity index (χ4v) is 2.49. The van der Waals surface area contributed by atoms with Crippen LogP contribution < -0.4 is 10.6 Å². The molecule has 0 bridgehead atoms. The lowest BCUT2D eigenvalue weighted by Gasteiger charge is -2.26. The molecule has 25 heavy (non-hydrogen) atoms. The number of aliphatic imine (C=N–C) groups is 1. The van der Waals surface area contributed by atoms with Crippen molar-refractivity contribution in [2.75, 3.05) is 13.1 Å². The summed E-state index contributed by atoms with van der Waals surface area (Å²) in [5.74, 6) is 0.824. The molecule has 0 saturated carbocycles. The summed E-state index contributed by atoms with van der Waals surface area (Å²) < 4.78 is 0. The molecule has 2 N–H and O–H groups in total. The summed E-state index contributed by atoms with van der Waals surface area (Å²) in [5, 5.41) is 6.76. The normalized spacial score (nSPS) is 11.6. The van der Waals surface area contributed by atoms with Crippen LogP contribution in [0.5, 0.6) is 0 Å². The molecule has 4 nitrogen and oxygen atoms in total. The molecule has 0 aliphatic carbocycles. The minimum atomic E-state index is 0. The Morgan fingerprint density at radius 2 is 1.76 bits per heavy atom. The number of rotatable bonds is 6. The van der Waals surface area contributed by atoms with E-state index in [1.54, 1.807) is 0 Å². The van der Waals surface area contributed by atoms with Crippen molar-refractivity contribution >= 4 is 29.9 Å². The SMILES string of the molecule is CCNC(=NCc1cccc(C)n1)NCC(C)(C)c1ccccc1.I.